The molecule has 6 aromatic rings. The summed E-state index contributed by atoms with van der Waals surface area (Å²) in [7, 11) is 0. The number of anilines is 2. The molecule has 1 N–H and O–H groups in total. The summed E-state index contributed by atoms with van der Waals surface area (Å²) in [5.74, 6) is 0.245. The minimum Gasteiger partial charge on any atom is -0.355 e. The van der Waals surface area contributed by atoms with Gasteiger partial charge in [0.25, 0.3) is 0 Å². The Kier molecular flexibility index (Phi) is 5.30. The van der Waals surface area contributed by atoms with Crippen LogP contribution in [0, 0.1) is 6.92 Å². The van der Waals surface area contributed by atoms with Crippen molar-refractivity contribution in [2.45, 2.75) is 25.2 Å². The van der Waals surface area contributed by atoms with Crippen LogP contribution in [0.1, 0.15) is 51.8 Å². The average molecular weight is 526 g/mol. The van der Waals surface area contributed by atoms with Gasteiger partial charge in [-0.25, -0.2) is 0 Å². The fraction of sp³-hybridized carbons (Fsp3) is 0.100. The quantitative estimate of drug-likeness (QED) is 0.242. The Labute approximate surface area is 242 Å². The van der Waals surface area contributed by atoms with Crippen molar-refractivity contribution in [2.24, 2.45) is 0 Å². The summed E-state index contributed by atoms with van der Waals surface area (Å²) in [5, 5.41) is 3.90. The summed E-state index contributed by atoms with van der Waals surface area (Å²) >= 11 is 0. The highest BCUT2D eigenvalue weighted by Crippen LogP contribution is 2.62. The molecular formula is C40H31N. The van der Waals surface area contributed by atoms with Gasteiger partial charge in [-0.15, -0.1) is 0 Å². The lowest BCUT2D eigenvalue weighted by atomic mass is 9.54. The fourth-order valence-corrected chi connectivity index (χ4v) is 7.57. The minimum atomic E-state index is -0.463. The van der Waals surface area contributed by atoms with E-state index >= 15 is 0 Å². The molecule has 0 bridgehead atoms. The number of benzene rings is 6. The molecule has 0 aromatic heterocycles. The standard InChI is InChI=1S/C40H31N/c1-26-13-9-11-19-33(26)40-34-20-12-10-18-31(34)27(2)38-32(29-16-7-4-8-17-29)22-24-37(39(38)40)41-36-23-21-30(25-35(36)40)28-14-5-3-6-15-28/h3-25,27,41H,1-2H3. The van der Waals surface area contributed by atoms with Crippen LogP contribution in [0.2, 0.25) is 0 Å². The first kappa shape index (κ1) is 24.0. The maximum Gasteiger partial charge on any atom is 0.0750 e. The molecule has 1 aliphatic heterocycles. The highest BCUT2D eigenvalue weighted by atomic mass is 14.9. The van der Waals surface area contributed by atoms with Crippen molar-refractivity contribution >= 4 is 11.4 Å². The molecule has 196 valence electrons. The molecule has 1 heterocycles. The molecule has 2 aliphatic rings. The zero-order valence-corrected chi connectivity index (χ0v) is 23.4. The first-order valence-electron chi connectivity index (χ1n) is 14.5. The van der Waals surface area contributed by atoms with E-state index in [2.05, 4.69) is 159 Å². The van der Waals surface area contributed by atoms with Gasteiger partial charge in [-0.2, -0.15) is 0 Å². The predicted octanol–water partition coefficient (Wildman–Crippen LogP) is 10.2. The van der Waals surface area contributed by atoms with Crippen LogP contribution >= 0.6 is 0 Å². The summed E-state index contributed by atoms with van der Waals surface area (Å²) in [6.07, 6.45) is 0. The summed E-state index contributed by atoms with van der Waals surface area (Å²) in [5.41, 5.74) is 16.5. The topological polar surface area (TPSA) is 12.0 Å². The van der Waals surface area contributed by atoms with E-state index < -0.39 is 5.41 Å². The molecule has 0 saturated heterocycles. The molecule has 0 amide bonds. The zero-order chi connectivity index (χ0) is 27.6. The van der Waals surface area contributed by atoms with Crippen LogP contribution in [-0.2, 0) is 5.41 Å². The van der Waals surface area contributed by atoms with Crippen LogP contribution in [0.5, 0.6) is 0 Å². The van der Waals surface area contributed by atoms with Crippen molar-refractivity contribution in [1.29, 1.82) is 0 Å². The number of hydrogen-bond donors (Lipinski definition) is 1. The number of rotatable bonds is 3. The van der Waals surface area contributed by atoms with E-state index in [1.54, 1.807) is 0 Å². The van der Waals surface area contributed by atoms with Crippen LogP contribution in [0.15, 0.2) is 140 Å². The Morgan fingerprint density at radius 3 is 1.93 bits per heavy atom. The first-order valence-corrected chi connectivity index (χ1v) is 14.5. The van der Waals surface area contributed by atoms with Gasteiger partial charge in [0.1, 0.15) is 0 Å². The summed E-state index contributed by atoms with van der Waals surface area (Å²) in [4.78, 5) is 0. The molecule has 41 heavy (non-hydrogen) atoms. The number of fused-ring (bicyclic) bond motifs is 4. The highest BCUT2D eigenvalue weighted by molar-refractivity contribution is 5.90. The summed E-state index contributed by atoms with van der Waals surface area (Å²) in [6.45, 7) is 4.66. The third kappa shape index (κ3) is 3.36. The van der Waals surface area contributed by atoms with Gasteiger partial charge < -0.3 is 5.32 Å². The molecule has 8 rings (SSSR count). The molecular weight excluding hydrogens is 494 g/mol. The van der Waals surface area contributed by atoms with Crippen molar-refractivity contribution in [1.82, 2.24) is 0 Å². The molecule has 0 fully saturated rings. The lowest BCUT2D eigenvalue weighted by molar-refractivity contribution is 0.665. The van der Waals surface area contributed by atoms with E-state index in [1.165, 1.54) is 72.6 Å². The van der Waals surface area contributed by atoms with Crippen LogP contribution in [-0.4, -0.2) is 0 Å². The second-order valence-electron chi connectivity index (χ2n) is 11.4. The van der Waals surface area contributed by atoms with E-state index in [4.69, 9.17) is 0 Å². The van der Waals surface area contributed by atoms with Crippen LogP contribution in [0.4, 0.5) is 11.4 Å². The smallest absolute Gasteiger partial charge is 0.0750 e. The van der Waals surface area contributed by atoms with E-state index in [0.29, 0.717) is 0 Å². The molecule has 1 heteroatoms. The van der Waals surface area contributed by atoms with E-state index in [9.17, 15) is 0 Å². The molecule has 2 unspecified atom stereocenters. The molecule has 0 saturated carbocycles. The second-order valence-corrected chi connectivity index (χ2v) is 11.4. The number of nitrogens with one attached hydrogen (secondary N) is 1. The Morgan fingerprint density at radius 1 is 0.537 bits per heavy atom. The lowest BCUT2D eigenvalue weighted by Crippen LogP contribution is -2.41. The lowest BCUT2D eigenvalue weighted by Gasteiger charge is -2.49. The van der Waals surface area contributed by atoms with Gasteiger partial charge in [0, 0.05) is 17.3 Å². The van der Waals surface area contributed by atoms with Gasteiger partial charge in [0.2, 0.25) is 0 Å². The minimum absolute atomic E-state index is 0.245. The molecule has 2 atom stereocenters. The monoisotopic (exact) mass is 525 g/mol. The SMILES string of the molecule is Cc1ccccc1C12c3cc(-c4ccccc4)ccc3Nc3ccc(-c4ccccc4)c(c31)C(C)c1ccccc12. The number of aryl methyl sites for hydroxylation is 1. The van der Waals surface area contributed by atoms with Crippen molar-refractivity contribution in [3.8, 4) is 22.3 Å². The Bertz CT molecular complexity index is 1940. The van der Waals surface area contributed by atoms with Gasteiger partial charge in [0.15, 0.2) is 0 Å². The third-order valence-electron chi connectivity index (χ3n) is 9.32. The Balaban J connectivity index is 1.57. The molecule has 0 radical (unpaired) electrons. The van der Waals surface area contributed by atoms with Crippen molar-refractivity contribution in [3.63, 3.8) is 0 Å². The van der Waals surface area contributed by atoms with Gasteiger partial charge >= 0.3 is 0 Å². The van der Waals surface area contributed by atoms with Crippen molar-refractivity contribution in [2.75, 3.05) is 5.32 Å². The molecule has 6 aromatic carbocycles. The van der Waals surface area contributed by atoms with Gasteiger partial charge in [-0.05, 0) is 86.3 Å². The average Bonchev–Trinajstić information content (AvgIpc) is 3.03. The Hall–Kier alpha value is -4.88. The molecule has 1 nitrogen and oxygen atoms in total. The normalized spacial score (nSPS) is 18.0. The van der Waals surface area contributed by atoms with Crippen molar-refractivity contribution in [3.05, 3.63) is 178 Å². The van der Waals surface area contributed by atoms with Crippen LogP contribution in [0.25, 0.3) is 22.3 Å². The second kappa shape index (κ2) is 9.08. The molecule has 0 spiro atoms. The molecule has 1 aliphatic carbocycles. The summed E-state index contributed by atoms with van der Waals surface area (Å²) < 4.78 is 0. The van der Waals surface area contributed by atoms with Gasteiger partial charge in [-0.3, -0.25) is 0 Å². The first-order chi connectivity index (χ1) is 20.2. The number of hydrogen-bond acceptors (Lipinski definition) is 1. The third-order valence-corrected chi connectivity index (χ3v) is 9.32. The van der Waals surface area contributed by atoms with E-state index in [0.717, 1.165) is 0 Å². The van der Waals surface area contributed by atoms with Crippen LogP contribution < -0.4 is 5.32 Å². The van der Waals surface area contributed by atoms with Crippen molar-refractivity contribution < 1.29 is 0 Å². The Morgan fingerprint density at radius 2 is 1.17 bits per heavy atom. The maximum absolute atomic E-state index is 3.90. The van der Waals surface area contributed by atoms with Gasteiger partial charge in [0.05, 0.1) is 5.41 Å². The fourth-order valence-electron chi connectivity index (χ4n) is 7.57. The van der Waals surface area contributed by atoms with E-state index in [1.807, 2.05) is 0 Å². The maximum atomic E-state index is 3.90. The zero-order valence-electron chi connectivity index (χ0n) is 23.4. The largest absolute Gasteiger partial charge is 0.355 e. The van der Waals surface area contributed by atoms with Gasteiger partial charge in [-0.1, -0.05) is 128 Å². The van der Waals surface area contributed by atoms with E-state index in [-0.39, 0.29) is 5.92 Å². The summed E-state index contributed by atoms with van der Waals surface area (Å²) in [6, 6.07) is 51.4. The van der Waals surface area contributed by atoms with Crippen LogP contribution in [0.3, 0.4) is 0 Å². The highest BCUT2D eigenvalue weighted by Gasteiger charge is 2.51. The predicted molar refractivity (Wildman–Crippen MR) is 171 cm³/mol.